The van der Waals surface area contributed by atoms with E-state index < -0.39 is 0 Å². The second kappa shape index (κ2) is 2.53. The van der Waals surface area contributed by atoms with Crippen molar-refractivity contribution in [2.75, 3.05) is 13.1 Å². The highest BCUT2D eigenvalue weighted by Gasteiger charge is 2.12. The Hall–Kier alpha value is -0.990. The third-order valence-corrected chi connectivity index (χ3v) is 1.38. The van der Waals surface area contributed by atoms with Crippen LogP contribution >= 0.6 is 0 Å². The summed E-state index contributed by atoms with van der Waals surface area (Å²) < 4.78 is 0. The average Bonchev–Trinajstić information content (AvgIpc) is 1.90. The Balaban J connectivity index is 2.34. The van der Waals surface area contributed by atoms with Crippen molar-refractivity contribution >= 4 is 6.03 Å². The van der Waals surface area contributed by atoms with Gasteiger partial charge in [0.05, 0.1) is 0 Å². The molecule has 50 valence electrons. The SMILES string of the molecule is C=CC1CNC(=O)NC1. The summed E-state index contributed by atoms with van der Waals surface area (Å²) >= 11 is 0. The Morgan fingerprint density at radius 2 is 2.11 bits per heavy atom. The van der Waals surface area contributed by atoms with Crippen molar-refractivity contribution in [1.29, 1.82) is 0 Å². The molecule has 0 aromatic heterocycles. The molecule has 0 radical (unpaired) electrons. The monoisotopic (exact) mass is 126 g/mol. The van der Waals surface area contributed by atoms with E-state index in [9.17, 15) is 4.79 Å². The molecule has 3 nitrogen and oxygen atoms in total. The summed E-state index contributed by atoms with van der Waals surface area (Å²) in [6, 6.07) is -0.0758. The zero-order valence-electron chi connectivity index (χ0n) is 5.18. The molecule has 2 N–H and O–H groups in total. The zero-order valence-corrected chi connectivity index (χ0v) is 5.18. The van der Waals surface area contributed by atoms with Gasteiger partial charge in [-0.25, -0.2) is 4.79 Å². The molecule has 1 aliphatic heterocycles. The smallest absolute Gasteiger partial charge is 0.314 e. The van der Waals surface area contributed by atoms with Gasteiger partial charge in [-0.2, -0.15) is 0 Å². The first-order chi connectivity index (χ1) is 4.33. The van der Waals surface area contributed by atoms with E-state index >= 15 is 0 Å². The van der Waals surface area contributed by atoms with Crippen LogP contribution < -0.4 is 10.6 Å². The maximum atomic E-state index is 10.5. The number of rotatable bonds is 1. The van der Waals surface area contributed by atoms with Crippen molar-refractivity contribution in [2.24, 2.45) is 5.92 Å². The van der Waals surface area contributed by atoms with Gasteiger partial charge in [-0.1, -0.05) is 6.08 Å². The molecule has 0 aromatic carbocycles. The molecular formula is C6H10N2O. The van der Waals surface area contributed by atoms with Crippen LogP contribution in [-0.4, -0.2) is 19.1 Å². The van der Waals surface area contributed by atoms with Crippen LogP contribution in [0.15, 0.2) is 12.7 Å². The first-order valence-electron chi connectivity index (χ1n) is 2.97. The average molecular weight is 126 g/mol. The number of urea groups is 1. The van der Waals surface area contributed by atoms with E-state index in [1.165, 1.54) is 0 Å². The highest BCUT2D eigenvalue weighted by atomic mass is 16.2. The molecule has 0 aliphatic carbocycles. The van der Waals surface area contributed by atoms with Gasteiger partial charge in [-0.15, -0.1) is 6.58 Å². The Labute approximate surface area is 54.1 Å². The van der Waals surface area contributed by atoms with Crippen LogP contribution in [0.5, 0.6) is 0 Å². The van der Waals surface area contributed by atoms with Crippen LogP contribution in [0.1, 0.15) is 0 Å². The van der Waals surface area contributed by atoms with Crippen molar-refractivity contribution in [1.82, 2.24) is 10.6 Å². The lowest BCUT2D eigenvalue weighted by molar-refractivity contribution is 0.232. The van der Waals surface area contributed by atoms with Crippen molar-refractivity contribution in [3.63, 3.8) is 0 Å². The Morgan fingerprint density at radius 1 is 1.56 bits per heavy atom. The van der Waals surface area contributed by atoms with Crippen molar-refractivity contribution in [2.45, 2.75) is 0 Å². The van der Waals surface area contributed by atoms with E-state index in [0.717, 1.165) is 13.1 Å². The first-order valence-corrected chi connectivity index (χ1v) is 2.97. The number of amides is 2. The molecular weight excluding hydrogens is 116 g/mol. The molecule has 1 aliphatic rings. The molecule has 1 saturated heterocycles. The Bertz CT molecular complexity index is 123. The molecule has 9 heavy (non-hydrogen) atoms. The fraction of sp³-hybridized carbons (Fsp3) is 0.500. The Morgan fingerprint density at radius 3 is 2.56 bits per heavy atom. The first kappa shape index (κ1) is 6.13. The van der Waals surface area contributed by atoms with Gasteiger partial charge in [-0.3, -0.25) is 0 Å². The Kier molecular flexibility index (Phi) is 1.72. The van der Waals surface area contributed by atoms with Crippen LogP contribution in [0, 0.1) is 5.92 Å². The molecule has 1 fully saturated rings. The van der Waals surface area contributed by atoms with E-state index in [2.05, 4.69) is 17.2 Å². The molecule has 0 spiro atoms. The minimum absolute atomic E-state index is 0.0758. The summed E-state index contributed by atoms with van der Waals surface area (Å²) in [5.41, 5.74) is 0. The number of carbonyl (C=O) groups excluding carboxylic acids is 1. The summed E-state index contributed by atoms with van der Waals surface area (Å²) in [4.78, 5) is 10.5. The maximum Gasteiger partial charge on any atom is 0.314 e. The van der Waals surface area contributed by atoms with E-state index in [0.29, 0.717) is 5.92 Å². The van der Waals surface area contributed by atoms with Crippen LogP contribution in [0.4, 0.5) is 4.79 Å². The van der Waals surface area contributed by atoms with Crippen LogP contribution in [0.2, 0.25) is 0 Å². The molecule has 0 aromatic rings. The highest BCUT2D eigenvalue weighted by molar-refractivity contribution is 5.74. The summed E-state index contributed by atoms with van der Waals surface area (Å²) in [7, 11) is 0. The lowest BCUT2D eigenvalue weighted by atomic mass is 10.1. The summed E-state index contributed by atoms with van der Waals surface area (Å²) in [6.07, 6.45) is 1.84. The van der Waals surface area contributed by atoms with Gasteiger partial charge >= 0.3 is 6.03 Å². The lowest BCUT2D eigenvalue weighted by Gasteiger charge is -2.20. The van der Waals surface area contributed by atoms with Crippen LogP contribution in [-0.2, 0) is 0 Å². The van der Waals surface area contributed by atoms with Crippen molar-refractivity contribution in [3.8, 4) is 0 Å². The fourth-order valence-electron chi connectivity index (χ4n) is 0.749. The molecule has 3 heteroatoms. The summed E-state index contributed by atoms with van der Waals surface area (Å²) in [5, 5.41) is 5.32. The zero-order chi connectivity index (χ0) is 6.69. The topological polar surface area (TPSA) is 41.1 Å². The lowest BCUT2D eigenvalue weighted by Crippen LogP contribution is -2.47. The maximum absolute atomic E-state index is 10.5. The van der Waals surface area contributed by atoms with Crippen LogP contribution in [0.3, 0.4) is 0 Å². The van der Waals surface area contributed by atoms with Gasteiger partial charge < -0.3 is 10.6 Å². The standard InChI is InChI=1S/C6H10N2O/c1-2-5-3-7-6(9)8-4-5/h2,5H,1,3-4H2,(H2,7,8,9). The molecule has 0 unspecified atom stereocenters. The van der Waals surface area contributed by atoms with Gasteiger partial charge in [0, 0.05) is 19.0 Å². The predicted octanol–water partition coefficient (Wildman–Crippen LogP) is 0.101. The van der Waals surface area contributed by atoms with Gasteiger partial charge in [-0.05, 0) is 0 Å². The van der Waals surface area contributed by atoms with Gasteiger partial charge in [0.15, 0.2) is 0 Å². The second-order valence-electron chi connectivity index (χ2n) is 2.09. The van der Waals surface area contributed by atoms with Gasteiger partial charge in [0.2, 0.25) is 0 Å². The molecule has 0 bridgehead atoms. The molecule has 2 amide bonds. The van der Waals surface area contributed by atoms with Gasteiger partial charge in [0.25, 0.3) is 0 Å². The van der Waals surface area contributed by atoms with E-state index in [1.54, 1.807) is 0 Å². The number of carbonyl (C=O) groups is 1. The van der Waals surface area contributed by atoms with E-state index in [4.69, 9.17) is 0 Å². The number of hydrogen-bond acceptors (Lipinski definition) is 1. The van der Waals surface area contributed by atoms with E-state index in [-0.39, 0.29) is 6.03 Å². The van der Waals surface area contributed by atoms with Gasteiger partial charge in [0.1, 0.15) is 0 Å². The third-order valence-electron chi connectivity index (χ3n) is 1.38. The van der Waals surface area contributed by atoms with Crippen molar-refractivity contribution < 1.29 is 4.79 Å². The second-order valence-corrected chi connectivity index (χ2v) is 2.09. The predicted molar refractivity (Wildman–Crippen MR) is 35.1 cm³/mol. The largest absolute Gasteiger partial charge is 0.338 e. The summed E-state index contributed by atoms with van der Waals surface area (Å²) in [5.74, 6) is 0.391. The molecule has 0 saturated carbocycles. The molecule has 1 heterocycles. The fourth-order valence-corrected chi connectivity index (χ4v) is 0.749. The highest BCUT2D eigenvalue weighted by Crippen LogP contribution is 1.96. The van der Waals surface area contributed by atoms with E-state index in [1.807, 2.05) is 6.08 Å². The summed E-state index contributed by atoms with van der Waals surface area (Å²) in [6.45, 7) is 5.05. The van der Waals surface area contributed by atoms with Crippen LogP contribution in [0.25, 0.3) is 0 Å². The minimum atomic E-state index is -0.0758. The number of hydrogen-bond donors (Lipinski definition) is 2. The number of nitrogens with one attached hydrogen (secondary N) is 2. The normalized spacial score (nSPS) is 20.2. The third kappa shape index (κ3) is 1.45. The van der Waals surface area contributed by atoms with Crippen molar-refractivity contribution in [3.05, 3.63) is 12.7 Å². The quantitative estimate of drug-likeness (QED) is 0.481. The molecule has 1 rings (SSSR count). The molecule has 0 atom stereocenters. The minimum Gasteiger partial charge on any atom is -0.338 e.